The van der Waals surface area contributed by atoms with Crippen molar-refractivity contribution in [2.75, 3.05) is 39.8 Å². The van der Waals surface area contributed by atoms with Gasteiger partial charge in [0.05, 0.1) is 0 Å². The zero-order valence-electron chi connectivity index (χ0n) is 12.3. The van der Waals surface area contributed by atoms with Crippen LogP contribution in [0.4, 0.5) is 0 Å². The van der Waals surface area contributed by atoms with E-state index in [0.29, 0.717) is 5.41 Å². The molecule has 0 spiro atoms. The Morgan fingerprint density at radius 2 is 2.06 bits per heavy atom. The van der Waals surface area contributed by atoms with Crippen LogP contribution >= 0.6 is 0 Å². The topological polar surface area (TPSA) is 6.48 Å². The van der Waals surface area contributed by atoms with Crippen molar-refractivity contribution in [2.45, 2.75) is 33.1 Å². The maximum absolute atomic E-state index is 2.68. The average molecular weight is 248 g/mol. The maximum atomic E-state index is 2.68. The molecule has 4 aliphatic rings. The van der Waals surface area contributed by atoms with Crippen molar-refractivity contribution >= 4 is 0 Å². The van der Waals surface area contributed by atoms with E-state index in [4.69, 9.17) is 0 Å². The summed E-state index contributed by atoms with van der Waals surface area (Å²) in [6.45, 7) is 11.3. The van der Waals surface area contributed by atoms with Crippen LogP contribution in [0.5, 0.6) is 0 Å². The smallest absolute Gasteiger partial charge is 0.0196 e. The first-order valence-electron chi connectivity index (χ1n) is 7.67. The largest absolute Gasteiger partial charge is 0.305 e. The highest BCUT2D eigenvalue weighted by atomic mass is 15.2. The number of allylic oxidation sites excluding steroid dienone is 1. The molecular weight excluding hydrogens is 220 g/mol. The van der Waals surface area contributed by atoms with Crippen LogP contribution in [0.15, 0.2) is 11.6 Å². The first kappa shape index (κ1) is 12.7. The van der Waals surface area contributed by atoms with E-state index < -0.39 is 0 Å². The molecule has 1 saturated carbocycles. The third kappa shape index (κ3) is 2.14. The van der Waals surface area contributed by atoms with Crippen molar-refractivity contribution in [1.82, 2.24) is 9.80 Å². The van der Waals surface area contributed by atoms with Gasteiger partial charge in [0.15, 0.2) is 0 Å². The molecule has 0 unspecified atom stereocenters. The molecule has 0 N–H and O–H groups in total. The second kappa shape index (κ2) is 4.64. The fraction of sp³-hybridized carbons (Fsp3) is 0.875. The monoisotopic (exact) mass is 248 g/mol. The first-order chi connectivity index (χ1) is 8.57. The van der Waals surface area contributed by atoms with Gasteiger partial charge in [0, 0.05) is 19.6 Å². The van der Waals surface area contributed by atoms with E-state index in [1.54, 1.807) is 5.57 Å². The molecule has 0 aromatic carbocycles. The minimum Gasteiger partial charge on any atom is -0.305 e. The van der Waals surface area contributed by atoms with Gasteiger partial charge in [-0.3, -0.25) is 4.90 Å². The molecule has 1 heterocycles. The Bertz CT molecular complexity index is 345. The lowest BCUT2D eigenvalue weighted by Crippen LogP contribution is -2.50. The zero-order chi connectivity index (χ0) is 12.8. The van der Waals surface area contributed by atoms with E-state index in [1.807, 2.05) is 0 Å². The van der Waals surface area contributed by atoms with Crippen LogP contribution in [0.1, 0.15) is 33.1 Å². The number of hydrogen-bond acceptors (Lipinski definition) is 2. The summed E-state index contributed by atoms with van der Waals surface area (Å²) in [6, 6.07) is 0. The Hall–Kier alpha value is -0.340. The molecule has 1 aliphatic heterocycles. The van der Waals surface area contributed by atoms with Crippen molar-refractivity contribution in [3.8, 4) is 0 Å². The summed E-state index contributed by atoms with van der Waals surface area (Å²) >= 11 is 0. The van der Waals surface area contributed by atoms with E-state index in [0.717, 1.165) is 11.8 Å². The van der Waals surface area contributed by atoms with E-state index >= 15 is 0 Å². The van der Waals surface area contributed by atoms with Gasteiger partial charge in [-0.25, -0.2) is 0 Å². The van der Waals surface area contributed by atoms with Crippen molar-refractivity contribution in [2.24, 2.45) is 17.3 Å². The minimum absolute atomic E-state index is 0.590. The molecule has 0 amide bonds. The Kier molecular flexibility index (Phi) is 3.27. The van der Waals surface area contributed by atoms with Gasteiger partial charge in [-0.1, -0.05) is 25.5 Å². The molecule has 102 valence electrons. The molecule has 0 aromatic heterocycles. The molecule has 3 aliphatic carbocycles. The van der Waals surface area contributed by atoms with Gasteiger partial charge in [0.25, 0.3) is 0 Å². The lowest BCUT2D eigenvalue weighted by molar-refractivity contribution is -0.0105. The summed E-state index contributed by atoms with van der Waals surface area (Å²) in [6.07, 6.45) is 6.71. The van der Waals surface area contributed by atoms with Gasteiger partial charge in [-0.05, 0) is 56.7 Å². The van der Waals surface area contributed by atoms with Gasteiger partial charge in [0.2, 0.25) is 0 Å². The number of rotatable bonds is 2. The number of fused-ring (bicyclic) bond motifs is 1. The molecule has 2 nitrogen and oxygen atoms in total. The molecule has 2 atom stereocenters. The van der Waals surface area contributed by atoms with Crippen molar-refractivity contribution in [3.05, 3.63) is 11.6 Å². The standard InChI is InChI=1S/C16H28N2/c1-16(2)14-6-5-13(15(16)11-14)12-18-8-4-7-17(3)9-10-18/h5,14-15H,4,6-12H2,1-3H3/t14-,15-/m1/s1. The van der Waals surface area contributed by atoms with Gasteiger partial charge in [0.1, 0.15) is 0 Å². The van der Waals surface area contributed by atoms with E-state index in [1.165, 1.54) is 52.0 Å². The summed E-state index contributed by atoms with van der Waals surface area (Å²) in [5, 5.41) is 0. The molecule has 0 radical (unpaired) electrons. The second-order valence-corrected chi connectivity index (χ2v) is 7.25. The summed E-state index contributed by atoms with van der Waals surface area (Å²) in [5.41, 5.74) is 2.35. The Balaban J connectivity index is 1.61. The molecular formula is C16H28N2. The fourth-order valence-electron chi connectivity index (χ4n) is 4.17. The lowest BCUT2D eigenvalue weighted by Gasteiger charge is -2.57. The normalized spacial score (nSPS) is 36.7. The van der Waals surface area contributed by atoms with Crippen molar-refractivity contribution in [1.29, 1.82) is 0 Å². The SMILES string of the molecule is CN1CCCN(CC2=CC[C@@H]3C[C@H]2C3(C)C)CC1. The van der Waals surface area contributed by atoms with Crippen molar-refractivity contribution < 1.29 is 0 Å². The third-order valence-corrected chi connectivity index (χ3v) is 5.80. The third-order valence-electron chi connectivity index (χ3n) is 5.80. The predicted molar refractivity (Wildman–Crippen MR) is 76.6 cm³/mol. The van der Waals surface area contributed by atoms with E-state index in [2.05, 4.69) is 36.8 Å². The van der Waals surface area contributed by atoms with Gasteiger partial charge >= 0.3 is 0 Å². The molecule has 2 heteroatoms. The summed E-state index contributed by atoms with van der Waals surface area (Å²) in [5.74, 6) is 1.86. The minimum atomic E-state index is 0.590. The molecule has 2 bridgehead atoms. The van der Waals surface area contributed by atoms with E-state index in [9.17, 15) is 0 Å². The summed E-state index contributed by atoms with van der Waals surface area (Å²) in [4.78, 5) is 5.16. The lowest BCUT2D eigenvalue weighted by atomic mass is 9.49. The van der Waals surface area contributed by atoms with Crippen LogP contribution < -0.4 is 0 Å². The van der Waals surface area contributed by atoms with Gasteiger partial charge in [-0.2, -0.15) is 0 Å². The maximum Gasteiger partial charge on any atom is 0.0196 e. The second-order valence-electron chi connectivity index (χ2n) is 7.25. The van der Waals surface area contributed by atoms with Gasteiger partial charge < -0.3 is 4.90 Å². The van der Waals surface area contributed by atoms with Crippen LogP contribution in [0.2, 0.25) is 0 Å². The van der Waals surface area contributed by atoms with Crippen LogP contribution in [0.25, 0.3) is 0 Å². The number of likely N-dealkylation sites (N-methyl/N-ethyl adjacent to an activating group) is 1. The average Bonchev–Trinajstić information content (AvgIpc) is 2.54. The Morgan fingerprint density at radius 3 is 2.78 bits per heavy atom. The molecule has 0 aromatic rings. The quantitative estimate of drug-likeness (QED) is 0.693. The number of hydrogen-bond donors (Lipinski definition) is 0. The summed E-state index contributed by atoms with van der Waals surface area (Å²) < 4.78 is 0. The van der Waals surface area contributed by atoms with Gasteiger partial charge in [-0.15, -0.1) is 0 Å². The zero-order valence-corrected chi connectivity index (χ0v) is 12.3. The predicted octanol–water partition coefficient (Wildman–Crippen LogP) is 2.62. The van der Waals surface area contributed by atoms with E-state index in [-0.39, 0.29) is 0 Å². The van der Waals surface area contributed by atoms with Crippen molar-refractivity contribution in [3.63, 3.8) is 0 Å². The highest BCUT2D eigenvalue weighted by molar-refractivity contribution is 5.24. The molecule has 4 rings (SSSR count). The highest BCUT2D eigenvalue weighted by Crippen LogP contribution is 2.59. The first-order valence-corrected chi connectivity index (χ1v) is 7.67. The summed E-state index contributed by atoms with van der Waals surface area (Å²) in [7, 11) is 2.25. The van der Waals surface area contributed by atoms with Crippen LogP contribution in [0, 0.1) is 17.3 Å². The fourth-order valence-corrected chi connectivity index (χ4v) is 4.17. The molecule has 2 fully saturated rings. The molecule has 1 saturated heterocycles. The van der Waals surface area contributed by atoms with Crippen LogP contribution in [-0.2, 0) is 0 Å². The Labute approximate surface area is 112 Å². The Morgan fingerprint density at radius 1 is 1.22 bits per heavy atom. The molecule has 18 heavy (non-hydrogen) atoms. The van der Waals surface area contributed by atoms with Crippen LogP contribution in [-0.4, -0.2) is 49.6 Å². The highest BCUT2D eigenvalue weighted by Gasteiger charge is 2.51. The number of nitrogens with zero attached hydrogens (tertiary/aromatic N) is 2. The van der Waals surface area contributed by atoms with Crippen LogP contribution in [0.3, 0.4) is 0 Å².